The molecule has 1 aromatic carbocycles. The maximum Gasteiger partial charge on any atom is 0.134 e. The molecule has 0 saturated carbocycles. The predicted octanol–water partition coefficient (Wildman–Crippen LogP) is 3.57. The van der Waals surface area contributed by atoms with Crippen molar-refractivity contribution in [1.82, 2.24) is 0 Å². The molecule has 1 aliphatic carbocycles. The second-order valence-corrected chi connectivity index (χ2v) is 8.38. The molecule has 0 radical (unpaired) electrons. The van der Waals surface area contributed by atoms with Crippen LogP contribution in [0.5, 0.6) is 5.75 Å². The summed E-state index contributed by atoms with van der Waals surface area (Å²) in [6, 6.07) is 7.84. The first-order chi connectivity index (χ1) is 12.8. The van der Waals surface area contributed by atoms with Crippen molar-refractivity contribution in [2.75, 3.05) is 25.0 Å². The van der Waals surface area contributed by atoms with Crippen LogP contribution in [0.2, 0.25) is 0 Å². The fourth-order valence-corrected chi connectivity index (χ4v) is 3.88. The summed E-state index contributed by atoms with van der Waals surface area (Å²) in [6.07, 6.45) is 6.02. The van der Waals surface area contributed by atoms with E-state index in [-0.39, 0.29) is 30.4 Å². The van der Waals surface area contributed by atoms with Gasteiger partial charge in [0.15, 0.2) is 0 Å². The molecule has 1 spiro atoms. The normalized spacial score (nSPS) is 28.6. The van der Waals surface area contributed by atoms with Gasteiger partial charge in [0.05, 0.1) is 18.4 Å². The number of rotatable bonds is 7. The second-order valence-electron chi connectivity index (χ2n) is 7.81. The Morgan fingerprint density at radius 1 is 1.26 bits per heavy atom. The largest absolute Gasteiger partial charge is 0.491 e. The van der Waals surface area contributed by atoms with Crippen molar-refractivity contribution in [3.8, 4) is 5.75 Å². The van der Waals surface area contributed by atoms with E-state index in [1.54, 1.807) is 0 Å². The zero-order chi connectivity index (χ0) is 19.7. The number of hydrogen-bond donors (Lipinski definition) is 2. The third-order valence-corrected chi connectivity index (χ3v) is 6.45. The number of alkyl halides is 2. The van der Waals surface area contributed by atoms with Gasteiger partial charge >= 0.3 is 0 Å². The van der Waals surface area contributed by atoms with Crippen LogP contribution in [0.4, 0.5) is 0 Å². The fourth-order valence-electron chi connectivity index (χ4n) is 3.48. The topological polar surface area (TPSA) is 58.9 Å². The summed E-state index contributed by atoms with van der Waals surface area (Å²) in [5.41, 5.74) is 0.391. The van der Waals surface area contributed by atoms with E-state index in [1.165, 1.54) is 0 Å². The Kier molecular flexibility index (Phi) is 5.95. The van der Waals surface area contributed by atoms with Crippen LogP contribution in [0.15, 0.2) is 48.1 Å². The van der Waals surface area contributed by atoms with Gasteiger partial charge in [-0.05, 0) is 29.3 Å². The zero-order valence-corrected chi connectivity index (χ0v) is 17.1. The maximum absolute atomic E-state index is 10.6. The third-order valence-electron chi connectivity index (χ3n) is 5.65. The van der Waals surface area contributed by atoms with Crippen molar-refractivity contribution in [1.29, 1.82) is 0 Å². The molecule has 2 aliphatic rings. The number of ether oxygens (including phenoxy) is 2. The number of aliphatic hydroxyl groups excluding tert-OH is 1. The maximum atomic E-state index is 10.6. The molecule has 1 aromatic rings. The molecule has 1 saturated heterocycles. The SMILES string of the molecule is CC(C)(C1=CCC2(C=C1)OCC2(O)CCl)c1ccc(OCC(O)CCl)cc1. The van der Waals surface area contributed by atoms with Gasteiger partial charge in [-0.1, -0.05) is 38.1 Å². The lowest BCUT2D eigenvalue weighted by atomic mass is 9.69. The Labute approximate surface area is 170 Å². The van der Waals surface area contributed by atoms with Gasteiger partial charge in [-0.15, -0.1) is 23.2 Å². The average molecular weight is 413 g/mol. The first-order valence-corrected chi connectivity index (χ1v) is 10.1. The van der Waals surface area contributed by atoms with Gasteiger partial charge < -0.3 is 19.7 Å². The molecule has 27 heavy (non-hydrogen) atoms. The van der Waals surface area contributed by atoms with Crippen LogP contribution >= 0.6 is 23.2 Å². The van der Waals surface area contributed by atoms with Crippen LogP contribution in [0, 0.1) is 0 Å². The number of aliphatic hydroxyl groups is 2. The summed E-state index contributed by atoms with van der Waals surface area (Å²) >= 11 is 11.5. The molecular formula is C21H26Cl2O4. The van der Waals surface area contributed by atoms with Gasteiger partial charge in [0.25, 0.3) is 0 Å². The molecule has 0 bridgehead atoms. The Bertz CT molecular complexity index is 724. The van der Waals surface area contributed by atoms with Crippen LogP contribution in [0.25, 0.3) is 0 Å². The van der Waals surface area contributed by atoms with Crippen LogP contribution in [0.3, 0.4) is 0 Å². The summed E-state index contributed by atoms with van der Waals surface area (Å²) < 4.78 is 11.2. The predicted molar refractivity (Wildman–Crippen MR) is 108 cm³/mol. The van der Waals surface area contributed by atoms with Crippen molar-refractivity contribution in [3.63, 3.8) is 0 Å². The molecule has 0 aromatic heterocycles. The summed E-state index contributed by atoms with van der Waals surface area (Å²) in [7, 11) is 0. The monoisotopic (exact) mass is 412 g/mol. The molecule has 2 N–H and O–H groups in total. The lowest BCUT2D eigenvalue weighted by molar-refractivity contribution is -0.269. The van der Waals surface area contributed by atoms with E-state index in [2.05, 4.69) is 19.9 Å². The molecular weight excluding hydrogens is 387 g/mol. The number of hydrogen-bond acceptors (Lipinski definition) is 4. The molecule has 4 nitrogen and oxygen atoms in total. The molecule has 1 aliphatic heterocycles. The first-order valence-electron chi connectivity index (χ1n) is 9.06. The van der Waals surface area contributed by atoms with Crippen molar-refractivity contribution >= 4 is 23.2 Å². The third kappa shape index (κ3) is 3.79. The standard InChI is InChI=1S/C21H26Cl2O4/c1-19(2,15-3-5-18(6-4-15)26-12-17(24)11-22)16-7-9-21(10-8-16)20(25,13-23)14-27-21/h3-9,17,24-25H,10-14H2,1-2H3. The Balaban J connectivity index is 1.70. The van der Waals surface area contributed by atoms with Crippen molar-refractivity contribution in [3.05, 3.63) is 53.6 Å². The molecule has 3 atom stereocenters. The van der Waals surface area contributed by atoms with Gasteiger partial charge in [-0.25, -0.2) is 0 Å². The molecule has 3 unspecified atom stereocenters. The van der Waals surface area contributed by atoms with E-state index in [4.69, 9.17) is 32.7 Å². The lowest BCUT2D eigenvalue weighted by Crippen LogP contribution is -2.69. The highest BCUT2D eigenvalue weighted by Crippen LogP contribution is 2.46. The number of halogens is 2. The lowest BCUT2D eigenvalue weighted by Gasteiger charge is -2.54. The molecule has 1 heterocycles. The Morgan fingerprint density at radius 3 is 2.44 bits per heavy atom. The molecule has 148 valence electrons. The molecule has 6 heteroatoms. The Morgan fingerprint density at radius 2 is 1.96 bits per heavy atom. The van der Waals surface area contributed by atoms with Gasteiger partial charge in [0, 0.05) is 11.8 Å². The quantitative estimate of drug-likeness (QED) is 0.672. The van der Waals surface area contributed by atoms with E-state index in [9.17, 15) is 10.2 Å². The van der Waals surface area contributed by atoms with Crippen LogP contribution in [-0.2, 0) is 10.2 Å². The second kappa shape index (κ2) is 7.76. The van der Waals surface area contributed by atoms with Crippen LogP contribution in [0.1, 0.15) is 25.8 Å². The smallest absolute Gasteiger partial charge is 0.134 e. The van der Waals surface area contributed by atoms with Crippen LogP contribution in [-0.4, -0.2) is 52.5 Å². The van der Waals surface area contributed by atoms with E-state index < -0.39 is 17.3 Å². The number of allylic oxidation sites excluding steroid dienone is 2. The summed E-state index contributed by atoms with van der Waals surface area (Å²) in [4.78, 5) is 0. The molecule has 3 rings (SSSR count). The van der Waals surface area contributed by atoms with Crippen LogP contribution < -0.4 is 4.74 Å². The highest BCUT2D eigenvalue weighted by molar-refractivity contribution is 6.18. The van der Waals surface area contributed by atoms with Gasteiger partial charge in [0.2, 0.25) is 0 Å². The van der Waals surface area contributed by atoms with Crippen molar-refractivity contribution in [2.24, 2.45) is 0 Å². The highest BCUT2D eigenvalue weighted by Gasteiger charge is 2.58. The fraction of sp³-hybridized carbons (Fsp3) is 0.524. The number of benzene rings is 1. The Hall–Kier alpha value is -1.04. The van der Waals surface area contributed by atoms with Gasteiger partial charge in [-0.2, -0.15) is 0 Å². The van der Waals surface area contributed by atoms with E-state index >= 15 is 0 Å². The van der Waals surface area contributed by atoms with Gasteiger partial charge in [-0.3, -0.25) is 0 Å². The minimum absolute atomic E-state index is 0.148. The van der Waals surface area contributed by atoms with E-state index in [1.807, 2.05) is 36.4 Å². The van der Waals surface area contributed by atoms with Crippen molar-refractivity contribution < 1.29 is 19.7 Å². The highest BCUT2D eigenvalue weighted by atomic mass is 35.5. The van der Waals surface area contributed by atoms with E-state index in [0.29, 0.717) is 12.2 Å². The first kappa shape index (κ1) is 20.7. The zero-order valence-electron chi connectivity index (χ0n) is 15.6. The summed E-state index contributed by atoms with van der Waals surface area (Å²) in [6.45, 7) is 4.76. The summed E-state index contributed by atoms with van der Waals surface area (Å²) in [5, 5.41) is 20.0. The van der Waals surface area contributed by atoms with Crippen molar-refractivity contribution in [2.45, 2.75) is 43.0 Å². The minimum Gasteiger partial charge on any atom is -0.491 e. The van der Waals surface area contributed by atoms with Gasteiger partial charge in [0.1, 0.15) is 29.7 Å². The van der Waals surface area contributed by atoms with E-state index in [0.717, 1.165) is 11.1 Å². The molecule has 1 fully saturated rings. The molecule has 0 amide bonds. The average Bonchev–Trinajstić information content (AvgIpc) is 2.70. The summed E-state index contributed by atoms with van der Waals surface area (Å²) in [5.74, 6) is 1.00. The minimum atomic E-state index is -0.996.